The third-order valence-electron chi connectivity index (χ3n) is 3.93. The molecule has 2 aromatic carbocycles. The summed E-state index contributed by atoms with van der Waals surface area (Å²) in [5.41, 5.74) is 5.39. The summed E-state index contributed by atoms with van der Waals surface area (Å²) < 4.78 is 11.7. The molecule has 0 N–H and O–H groups in total. The van der Waals surface area contributed by atoms with Crippen molar-refractivity contribution in [1.82, 2.24) is 4.98 Å². The Morgan fingerprint density at radius 3 is 2.95 bits per heavy atom. The lowest BCUT2D eigenvalue weighted by Crippen LogP contribution is -2.04. The van der Waals surface area contributed by atoms with Gasteiger partial charge in [0.15, 0.2) is 0 Å². The van der Waals surface area contributed by atoms with Crippen LogP contribution in [0.1, 0.15) is 28.7 Å². The van der Waals surface area contributed by atoms with Crippen molar-refractivity contribution >= 4 is 10.9 Å². The molecule has 3 aromatic rings. The molecule has 1 atom stereocenters. The van der Waals surface area contributed by atoms with Crippen molar-refractivity contribution in [3.63, 3.8) is 0 Å². The van der Waals surface area contributed by atoms with Crippen molar-refractivity contribution in [2.75, 3.05) is 0 Å². The number of para-hydroxylation sites is 1. The van der Waals surface area contributed by atoms with E-state index in [0.717, 1.165) is 27.7 Å². The minimum Gasteiger partial charge on any atom is -0.342 e. The maximum absolute atomic E-state index is 5.93. The lowest BCUT2D eigenvalue weighted by atomic mass is 10.1. The van der Waals surface area contributed by atoms with Crippen molar-refractivity contribution in [3.05, 3.63) is 77.0 Å². The number of hydrogen-bond acceptors (Lipinski definition) is 3. The van der Waals surface area contributed by atoms with E-state index in [9.17, 15) is 0 Å². The van der Waals surface area contributed by atoms with E-state index in [-0.39, 0.29) is 6.29 Å². The number of ether oxygens (including phenoxy) is 2. The van der Waals surface area contributed by atoms with E-state index in [0.29, 0.717) is 13.2 Å². The highest BCUT2D eigenvalue weighted by Gasteiger charge is 2.26. The molecule has 1 aliphatic rings. The van der Waals surface area contributed by atoms with E-state index in [2.05, 4.69) is 37.3 Å². The summed E-state index contributed by atoms with van der Waals surface area (Å²) in [7, 11) is 0. The van der Waals surface area contributed by atoms with Gasteiger partial charge in [-0.1, -0.05) is 48.0 Å². The van der Waals surface area contributed by atoms with Gasteiger partial charge in [-0.3, -0.25) is 0 Å². The topological polar surface area (TPSA) is 31.4 Å². The van der Waals surface area contributed by atoms with Crippen molar-refractivity contribution in [2.45, 2.75) is 26.4 Å². The largest absolute Gasteiger partial charge is 0.342 e. The van der Waals surface area contributed by atoms with Gasteiger partial charge in [-0.25, -0.2) is 4.98 Å². The number of aryl methyl sites for hydroxylation is 1. The second-order valence-electron chi connectivity index (χ2n) is 5.67. The Morgan fingerprint density at radius 2 is 2.05 bits per heavy atom. The number of nitrogens with zero attached hydrogens (tertiary/aromatic N) is 1. The summed E-state index contributed by atoms with van der Waals surface area (Å²) >= 11 is 0. The number of hydrogen-bond donors (Lipinski definition) is 0. The molecule has 0 bridgehead atoms. The summed E-state index contributed by atoms with van der Waals surface area (Å²) in [5, 5.41) is 1.14. The summed E-state index contributed by atoms with van der Waals surface area (Å²) in [4.78, 5) is 4.72. The van der Waals surface area contributed by atoms with Crippen molar-refractivity contribution in [1.29, 1.82) is 0 Å². The fourth-order valence-corrected chi connectivity index (χ4v) is 2.84. The van der Waals surface area contributed by atoms with Crippen LogP contribution in [0.15, 0.2) is 54.6 Å². The van der Waals surface area contributed by atoms with Crippen LogP contribution in [0, 0.1) is 6.92 Å². The average molecular weight is 291 g/mol. The zero-order chi connectivity index (χ0) is 14.9. The van der Waals surface area contributed by atoms with E-state index in [1.54, 1.807) is 0 Å². The first-order chi connectivity index (χ1) is 10.8. The van der Waals surface area contributed by atoms with Crippen LogP contribution in [0.3, 0.4) is 0 Å². The monoisotopic (exact) mass is 291 g/mol. The van der Waals surface area contributed by atoms with Crippen LogP contribution in [0.4, 0.5) is 0 Å². The molecule has 0 saturated carbocycles. The highest BCUT2D eigenvalue weighted by molar-refractivity contribution is 5.79. The van der Waals surface area contributed by atoms with Gasteiger partial charge in [0.2, 0.25) is 6.29 Å². The number of fused-ring (bicyclic) bond motifs is 2. The lowest BCUT2D eigenvalue weighted by molar-refractivity contribution is -0.147. The maximum Gasteiger partial charge on any atom is 0.202 e. The third-order valence-corrected chi connectivity index (χ3v) is 3.93. The molecule has 0 amide bonds. The van der Waals surface area contributed by atoms with Gasteiger partial charge in [0.05, 0.1) is 18.7 Å². The molecule has 2 heterocycles. The number of rotatable bonds is 3. The Kier molecular flexibility index (Phi) is 3.37. The molecule has 110 valence electrons. The molecule has 0 fully saturated rings. The Bertz CT molecular complexity index is 829. The van der Waals surface area contributed by atoms with Crippen molar-refractivity contribution < 1.29 is 9.47 Å². The predicted molar refractivity (Wildman–Crippen MR) is 85.2 cm³/mol. The SMILES string of the molecule is Cc1cccc(COC2OCc3cc4ccccc4nc32)c1. The Balaban J connectivity index is 1.57. The predicted octanol–water partition coefficient (Wildman–Crippen LogP) is 4.29. The van der Waals surface area contributed by atoms with Crippen LogP contribution in [-0.2, 0) is 22.7 Å². The highest BCUT2D eigenvalue weighted by atomic mass is 16.7. The van der Waals surface area contributed by atoms with Crippen molar-refractivity contribution in [3.8, 4) is 0 Å². The first-order valence-electron chi connectivity index (χ1n) is 7.47. The van der Waals surface area contributed by atoms with Gasteiger partial charge >= 0.3 is 0 Å². The van der Waals surface area contributed by atoms with E-state index >= 15 is 0 Å². The molecule has 3 nitrogen and oxygen atoms in total. The summed E-state index contributed by atoms with van der Waals surface area (Å²) in [6.07, 6.45) is -0.375. The van der Waals surface area contributed by atoms with Gasteiger partial charge in [-0.2, -0.15) is 0 Å². The molecule has 3 heteroatoms. The van der Waals surface area contributed by atoms with Crippen LogP contribution in [-0.4, -0.2) is 4.98 Å². The second-order valence-corrected chi connectivity index (χ2v) is 5.67. The molecule has 22 heavy (non-hydrogen) atoms. The number of benzene rings is 2. The first kappa shape index (κ1) is 13.4. The Hall–Kier alpha value is -2.23. The molecule has 1 aromatic heterocycles. The second kappa shape index (κ2) is 5.52. The third kappa shape index (κ3) is 2.49. The number of pyridine rings is 1. The quantitative estimate of drug-likeness (QED) is 0.721. The van der Waals surface area contributed by atoms with Gasteiger partial charge in [-0.05, 0) is 24.6 Å². The van der Waals surface area contributed by atoms with Gasteiger partial charge in [0, 0.05) is 10.9 Å². The fraction of sp³-hybridized carbons (Fsp3) is 0.211. The van der Waals surface area contributed by atoms with E-state index in [1.807, 2.05) is 24.3 Å². The fourth-order valence-electron chi connectivity index (χ4n) is 2.84. The normalized spacial score (nSPS) is 16.9. The summed E-state index contributed by atoms with van der Waals surface area (Å²) in [5.74, 6) is 0. The molecule has 4 rings (SSSR count). The zero-order valence-electron chi connectivity index (χ0n) is 12.5. The molecule has 1 aliphatic heterocycles. The Labute approximate surface area is 129 Å². The van der Waals surface area contributed by atoms with Gasteiger partial charge in [0.1, 0.15) is 5.69 Å². The molecule has 0 aliphatic carbocycles. The van der Waals surface area contributed by atoms with Gasteiger partial charge in [0.25, 0.3) is 0 Å². The van der Waals surface area contributed by atoms with E-state index in [4.69, 9.17) is 14.5 Å². The Morgan fingerprint density at radius 1 is 1.14 bits per heavy atom. The molecule has 0 radical (unpaired) electrons. The van der Waals surface area contributed by atoms with Crippen LogP contribution >= 0.6 is 0 Å². The maximum atomic E-state index is 5.93. The first-order valence-corrected chi connectivity index (χ1v) is 7.47. The van der Waals surface area contributed by atoms with Crippen molar-refractivity contribution in [2.24, 2.45) is 0 Å². The highest BCUT2D eigenvalue weighted by Crippen LogP contribution is 2.32. The molecular formula is C19H17NO2. The standard InChI is InChI=1S/C19H17NO2/c1-13-5-4-6-14(9-13)11-21-19-18-16(12-22-19)10-15-7-2-3-8-17(15)20-18/h2-10,19H,11-12H2,1H3. The van der Waals surface area contributed by atoms with Gasteiger partial charge < -0.3 is 9.47 Å². The van der Waals surface area contributed by atoms with E-state index in [1.165, 1.54) is 5.56 Å². The lowest BCUT2D eigenvalue weighted by Gasteiger charge is -2.12. The number of aromatic nitrogens is 1. The molecule has 1 unspecified atom stereocenters. The average Bonchev–Trinajstić information content (AvgIpc) is 2.93. The zero-order valence-corrected chi connectivity index (χ0v) is 12.5. The van der Waals surface area contributed by atoms with Crippen LogP contribution in [0.2, 0.25) is 0 Å². The van der Waals surface area contributed by atoms with Crippen LogP contribution in [0.25, 0.3) is 10.9 Å². The molecular weight excluding hydrogens is 274 g/mol. The minimum absolute atomic E-state index is 0.375. The minimum atomic E-state index is -0.375. The van der Waals surface area contributed by atoms with Crippen LogP contribution in [0.5, 0.6) is 0 Å². The summed E-state index contributed by atoms with van der Waals surface area (Å²) in [6.45, 7) is 3.17. The van der Waals surface area contributed by atoms with Crippen LogP contribution < -0.4 is 0 Å². The molecule has 0 saturated heterocycles. The summed E-state index contributed by atoms with van der Waals surface area (Å²) in [6, 6.07) is 18.6. The molecule has 0 spiro atoms. The van der Waals surface area contributed by atoms with E-state index < -0.39 is 0 Å². The smallest absolute Gasteiger partial charge is 0.202 e. The van der Waals surface area contributed by atoms with Gasteiger partial charge in [-0.15, -0.1) is 0 Å².